The molecule has 0 saturated carbocycles. The molecule has 0 aliphatic heterocycles. The molecule has 0 rings (SSSR count). The van der Waals surface area contributed by atoms with Gasteiger partial charge in [-0.25, -0.2) is 0 Å². The monoisotopic (exact) mass is 220 g/mol. The molecule has 0 heterocycles. The molecular weight excluding hydrogens is 200 g/mol. The van der Waals surface area contributed by atoms with Crippen molar-refractivity contribution < 1.29 is 0 Å². The third-order valence-corrected chi connectivity index (χ3v) is 1.89. The smallest absolute Gasteiger partial charge is 0.0622 e. The molecular formula is C12H20N4. The zero-order valence-corrected chi connectivity index (χ0v) is 10.1. The molecule has 0 spiro atoms. The van der Waals surface area contributed by atoms with E-state index < -0.39 is 0 Å². The fraction of sp³-hybridized carbons (Fsp3) is 0.417. The van der Waals surface area contributed by atoms with E-state index in [9.17, 15) is 0 Å². The average Bonchev–Trinajstić information content (AvgIpc) is 2.27. The molecule has 0 unspecified atom stereocenters. The van der Waals surface area contributed by atoms with Crippen LogP contribution < -0.4 is 5.84 Å². The first-order valence-corrected chi connectivity index (χ1v) is 5.26. The van der Waals surface area contributed by atoms with Gasteiger partial charge in [-0.1, -0.05) is 26.0 Å². The van der Waals surface area contributed by atoms with Gasteiger partial charge in [0.2, 0.25) is 0 Å². The van der Waals surface area contributed by atoms with Crippen molar-refractivity contribution in [1.29, 1.82) is 5.41 Å². The van der Waals surface area contributed by atoms with Crippen LogP contribution in [0.2, 0.25) is 0 Å². The van der Waals surface area contributed by atoms with Crippen LogP contribution in [0.4, 0.5) is 0 Å². The lowest BCUT2D eigenvalue weighted by Gasteiger charge is -2.01. The van der Waals surface area contributed by atoms with E-state index in [1.165, 1.54) is 6.21 Å². The fourth-order valence-electron chi connectivity index (χ4n) is 0.920. The van der Waals surface area contributed by atoms with E-state index in [0.717, 1.165) is 12.1 Å². The minimum Gasteiger partial charge on any atom is -0.323 e. The van der Waals surface area contributed by atoms with Crippen LogP contribution in [0, 0.1) is 11.3 Å². The quantitative estimate of drug-likeness (QED) is 0.403. The summed E-state index contributed by atoms with van der Waals surface area (Å²) in [6.07, 6.45) is 9.51. The highest BCUT2D eigenvalue weighted by Gasteiger charge is 1.98. The van der Waals surface area contributed by atoms with Crippen molar-refractivity contribution in [3.8, 4) is 0 Å². The van der Waals surface area contributed by atoms with Crippen LogP contribution in [0.25, 0.3) is 0 Å². The van der Waals surface area contributed by atoms with Gasteiger partial charge in [-0.3, -0.25) is 4.99 Å². The molecule has 3 N–H and O–H groups in total. The number of allylic oxidation sites excluding steroid dienone is 3. The second-order valence-electron chi connectivity index (χ2n) is 3.65. The summed E-state index contributed by atoms with van der Waals surface area (Å²) in [5, 5.41) is 10.6. The maximum absolute atomic E-state index is 6.92. The van der Waals surface area contributed by atoms with Crippen molar-refractivity contribution >= 4 is 17.6 Å². The van der Waals surface area contributed by atoms with Crippen LogP contribution in [0.1, 0.15) is 27.2 Å². The molecule has 0 aromatic rings. The molecule has 88 valence electrons. The Bertz CT molecular complexity index is 322. The predicted molar refractivity (Wildman–Crippen MR) is 71.3 cm³/mol. The third kappa shape index (κ3) is 6.70. The van der Waals surface area contributed by atoms with Crippen molar-refractivity contribution in [1.82, 2.24) is 0 Å². The van der Waals surface area contributed by atoms with E-state index in [1.807, 2.05) is 32.1 Å². The van der Waals surface area contributed by atoms with Crippen molar-refractivity contribution in [3.05, 3.63) is 24.4 Å². The minimum atomic E-state index is 0.336. The fourth-order valence-corrected chi connectivity index (χ4v) is 0.920. The van der Waals surface area contributed by atoms with Gasteiger partial charge >= 0.3 is 0 Å². The van der Waals surface area contributed by atoms with Crippen molar-refractivity contribution in [2.45, 2.75) is 27.2 Å². The van der Waals surface area contributed by atoms with Crippen molar-refractivity contribution in [3.63, 3.8) is 0 Å². The molecule has 0 amide bonds. The summed E-state index contributed by atoms with van der Waals surface area (Å²) in [7, 11) is 0. The summed E-state index contributed by atoms with van der Waals surface area (Å²) in [6.45, 7) is 5.87. The first-order chi connectivity index (χ1) is 7.61. The highest BCUT2D eigenvalue weighted by Crippen LogP contribution is 1.98. The second-order valence-corrected chi connectivity index (χ2v) is 3.65. The largest absolute Gasteiger partial charge is 0.323 e. The number of nitrogens with one attached hydrogen (secondary N) is 1. The van der Waals surface area contributed by atoms with E-state index in [0.29, 0.717) is 11.6 Å². The van der Waals surface area contributed by atoms with E-state index in [4.69, 9.17) is 11.3 Å². The number of hydrazone groups is 1. The Morgan fingerprint density at radius 2 is 2.06 bits per heavy atom. The topological polar surface area (TPSA) is 74.6 Å². The van der Waals surface area contributed by atoms with Gasteiger partial charge in [0.15, 0.2) is 0 Å². The Hall–Kier alpha value is -1.71. The lowest BCUT2D eigenvalue weighted by atomic mass is 10.1. The van der Waals surface area contributed by atoms with E-state index in [2.05, 4.69) is 10.1 Å². The maximum atomic E-state index is 6.92. The van der Waals surface area contributed by atoms with E-state index in [1.54, 1.807) is 13.1 Å². The molecule has 0 aliphatic carbocycles. The van der Waals surface area contributed by atoms with Crippen LogP contribution in [-0.4, -0.2) is 17.6 Å². The van der Waals surface area contributed by atoms with E-state index in [-0.39, 0.29) is 0 Å². The number of hydrogen-bond donors (Lipinski definition) is 2. The highest BCUT2D eigenvalue weighted by molar-refractivity contribution is 6.28. The molecule has 4 nitrogen and oxygen atoms in total. The standard InChI is InChI=1S/C12H20N4/c1-10(2)12(16-14)7-5-4-6-8-15-11(3)9-13/h5-10,13H,4,14H2,1-3H3/b7-5-,8-6+,13-9?,15-11-,16-12+. The predicted octanol–water partition coefficient (Wildman–Crippen LogP) is 2.53. The minimum absolute atomic E-state index is 0.336. The molecule has 0 saturated heterocycles. The normalized spacial score (nSPS) is 14.2. The summed E-state index contributed by atoms with van der Waals surface area (Å²) in [5.41, 5.74) is 1.57. The van der Waals surface area contributed by atoms with Crippen LogP contribution in [0.5, 0.6) is 0 Å². The third-order valence-electron chi connectivity index (χ3n) is 1.89. The summed E-state index contributed by atoms with van der Waals surface area (Å²) in [6, 6.07) is 0. The second kappa shape index (κ2) is 8.59. The van der Waals surface area contributed by atoms with Crippen LogP contribution in [0.3, 0.4) is 0 Å². The van der Waals surface area contributed by atoms with Crippen molar-refractivity contribution in [2.75, 3.05) is 0 Å². The number of rotatable bonds is 6. The summed E-state index contributed by atoms with van der Waals surface area (Å²) >= 11 is 0. The number of nitrogens with zero attached hydrogens (tertiary/aromatic N) is 2. The Kier molecular flexibility index (Phi) is 7.67. The first kappa shape index (κ1) is 14.3. The van der Waals surface area contributed by atoms with Gasteiger partial charge in [0, 0.05) is 12.4 Å². The average molecular weight is 220 g/mol. The molecule has 4 heteroatoms. The number of hydrogen-bond acceptors (Lipinski definition) is 4. The molecule has 16 heavy (non-hydrogen) atoms. The Balaban J connectivity index is 4.08. The SMILES string of the molecule is C/C(C=N)=N/C=C/C/C=C\C(=N/N)C(C)C. The zero-order valence-electron chi connectivity index (χ0n) is 10.1. The summed E-state index contributed by atoms with van der Waals surface area (Å²) < 4.78 is 0. The van der Waals surface area contributed by atoms with Crippen LogP contribution in [0.15, 0.2) is 34.5 Å². The van der Waals surface area contributed by atoms with Gasteiger partial charge in [-0.05, 0) is 25.3 Å². The van der Waals surface area contributed by atoms with E-state index >= 15 is 0 Å². The van der Waals surface area contributed by atoms with Gasteiger partial charge in [0.1, 0.15) is 0 Å². The zero-order chi connectivity index (χ0) is 12.4. The van der Waals surface area contributed by atoms with Gasteiger partial charge in [0.05, 0.1) is 11.4 Å². The lowest BCUT2D eigenvalue weighted by molar-refractivity contribution is 0.880. The Labute approximate surface area is 97.2 Å². The number of aliphatic imine (C=N–C) groups is 1. The first-order valence-electron chi connectivity index (χ1n) is 5.26. The molecule has 0 radical (unpaired) electrons. The molecule has 0 aromatic carbocycles. The van der Waals surface area contributed by atoms with Gasteiger partial charge < -0.3 is 11.3 Å². The van der Waals surface area contributed by atoms with Gasteiger partial charge in [-0.2, -0.15) is 5.10 Å². The lowest BCUT2D eigenvalue weighted by Crippen LogP contribution is -2.06. The van der Waals surface area contributed by atoms with Crippen molar-refractivity contribution in [2.24, 2.45) is 21.9 Å². The maximum Gasteiger partial charge on any atom is 0.0622 e. The summed E-state index contributed by atoms with van der Waals surface area (Å²) in [5.74, 6) is 5.58. The summed E-state index contributed by atoms with van der Waals surface area (Å²) in [4.78, 5) is 4.02. The molecule has 0 aliphatic rings. The highest BCUT2D eigenvalue weighted by atomic mass is 15.1. The van der Waals surface area contributed by atoms with Crippen LogP contribution in [-0.2, 0) is 0 Å². The van der Waals surface area contributed by atoms with Gasteiger partial charge in [-0.15, -0.1) is 0 Å². The molecule has 0 atom stereocenters. The van der Waals surface area contributed by atoms with Crippen LogP contribution >= 0.6 is 0 Å². The molecule has 0 aromatic heterocycles. The number of nitrogens with two attached hydrogens (primary N) is 1. The Morgan fingerprint density at radius 1 is 1.38 bits per heavy atom. The Morgan fingerprint density at radius 3 is 2.56 bits per heavy atom. The van der Waals surface area contributed by atoms with Gasteiger partial charge in [0.25, 0.3) is 0 Å². The molecule has 0 bridgehead atoms. The molecule has 0 fully saturated rings.